The molecular formula is C25H23NO4. The quantitative estimate of drug-likeness (QED) is 0.653. The van der Waals surface area contributed by atoms with Crippen molar-refractivity contribution in [3.63, 3.8) is 0 Å². The molecule has 3 aromatic carbocycles. The smallest absolute Gasteiger partial charge is 0.335 e. The third-order valence-corrected chi connectivity index (χ3v) is 6.42. The summed E-state index contributed by atoms with van der Waals surface area (Å²) >= 11 is 0. The number of fused-ring (bicyclic) bond motifs is 5. The molecule has 1 aliphatic carbocycles. The lowest BCUT2D eigenvalue weighted by atomic mass is 9.75. The van der Waals surface area contributed by atoms with Crippen LogP contribution in [0.2, 0.25) is 0 Å². The summed E-state index contributed by atoms with van der Waals surface area (Å²) in [5, 5.41) is 13.2. The van der Waals surface area contributed by atoms with Crippen LogP contribution in [0.3, 0.4) is 0 Å². The van der Waals surface area contributed by atoms with Gasteiger partial charge in [0.05, 0.1) is 25.8 Å². The number of hydrogen-bond donors (Lipinski definition) is 2. The van der Waals surface area contributed by atoms with Crippen LogP contribution >= 0.6 is 0 Å². The molecule has 0 fully saturated rings. The topological polar surface area (TPSA) is 67.8 Å². The van der Waals surface area contributed by atoms with E-state index in [1.165, 1.54) is 11.1 Å². The van der Waals surface area contributed by atoms with Gasteiger partial charge in [0, 0.05) is 17.2 Å². The van der Waals surface area contributed by atoms with E-state index in [0.717, 1.165) is 29.0 Å². The molecule has 1 heterocycles. The number of aromatic carboxylic acids is 1. The van der Waals surface area contributed by atoms with Crippen LogP contribution in [0.25, 0.3) is 0 Å². The van der Waals surface area contributed by atoms with Gasteiger partial charge in [-0.1, -0.05) is 36.4 Å². The zero-order chi connectivity index (χ0) is 20.8. The number of ether oxygens (including phenoxy) is 2. The van der Waals surface area contributed by atoms with Gasteiger partial charge in [-0.2, -0.15) is 0 Å². The Morgan fingerprint density at radius 2 is 1.77 bits per heavy atom. The van der Waals surface area contributed by atoms with Crippen molar-refractivity contribution < 1.29 is 19.4 Å². The lowest BCUT2D eigenvalue weighted by Gasteiger charge is -2.38. The second kappa shape index (κ2) is 7.10. The molecule has 2 aliphatic rings. The van der Waals surface area contributed by atoms with Gasteiger partial charge in [0.25, 0.3) is 0 Å². The van der Waals surface area contributed by atoms with Gasteiger partial charge in [0.15, 0.2) is 11.5 Å². The summed E-state index contributed by atoms with van der Waals surface area (Å²) < 4.78 is 11.3. The SMILES string of the molecule is COc1cccc([C@@H]2Nc3ccc(C(=O)O)cc3[C@H]3c4ccccc4C[C@@H]32)c1OC. The van der Waals surface area contributed by atoms with E-state index in [2.05, 4.69) is 35.6 Å². The first kappa shape index (κ1) is 18.6. The molecule has 0 saturated heterocycles. The number of carboxylic acids is 1. The van der Waals surface area contributed by atoms with Crippen LogP contribution in [0.15, 0.2) is 60.7 Å². The molecule has 5 heteroatoms. The highest BCUT2D eigenvalue weighted by Crippen LogP contribution is 2.55. The number of rotatable bonds is 4. The Bertz CT molecular complexity index is 1140. The number of carboxylic acid groups (broad SMARTS) is 1. The summed E-state index contributed by atoms with van der Waals surface area (Å²) in [4.78, 5) is 11.6. The minimum atomic E-state index is -0.905. The van der Waals surface area contributed by atoms with Crippen LogP contribution < -0.4 is 14.8 Å². The second-order valence-corrected chi connectivity index (χ2v) is 7.86. The third kappa shape index (κ3) is 2.73. The Morgan fingerprint density at radius 3 is 2.53 bits per heavy atom. The monoisotopic (exact) mass is 401 g/mol. The second-order valence-electron chi connectivity index (χ2n) is 7.86. The molecule has 2 N–H and O–H groups in total. The predicted octanol–water partition coefficient (Wildman–Crippen LogP) is 4.87. The molecule has 3 atom stereocenters. The largest absolute Gasteiger partial charge is 0.493 e. The van der Waals surface area contributed by atoms with E-state index >= 15 is 0 Å². The third-order valence-electron chi connectivity index (χ3n) is 6.42. The molecule has 0 unspecified atom stereocenters. The van der Waals surface area contributed by atoms with E-state index in [1.807, 2.05) is 24.3 Å². The lowest BCUT2D eigenvalue weighted by Crippen LogP contribution is -2.31. The summed E-state index contributed by atoms with van der Waals surface area (Å²) in [6, 6.07) is 19.8. The standard InChI is InChI=1S/C25H23NO4/c1-29-21-9-5-8-17(24(21)30-2)23-19-12-14-6-3-4-7-16(14)22(19)18-13-15(25(27)28)10-11-20(18)26-23/h3-11,13,19,22-23,26H,12H2,1-2H3,(H,27,28)/t19-,22+,23-/m0/s1. The molecular weight excluding hydrogens is 378 g/mol. The van der Waals surface area contributed by atoms with Gasteiger partial charge in [-0.05, 0) is 53.3 Å². The fourth-order valence-corrected chi connectivity index (χ4v) is 5.16. The summed E-state index contributed by atoms with van der Waals surface area (Å²) in [6.45, 7) is 0. The highest BCUT2D eigenvalue weighted by atomic mass is 16.5. The van der Waals surface area contributed by atoms with Crippen molar-refractivity contribution >= 4 is 11.7 Å². The van der Waals surface area contributed by atoms with Gasteiger partial charge in [0.2, 0.25) is 0 Å². The van der Waals surface area contributed by atoms with Gasteiger partial charge < -0.3 is 19.9 Å². The fraction of sp³-hybridized carbons (Fsp3) is 0.240. The molecule has 1 aliphatic heterocycles. The number of carbonyl (C=O) groups is 1. The highest BCUT2D eigenvalue weighted by molar-refractivity contribution is 5.89. The van der Waals surface area contributed by atoms with Crippen molar-refractivity contribution in [2.75, 3.05) is 19.5 Å². The van der Waals surface area contributed by atoms with Crippen molar-refractivity contribution in [2.45, 2.75) is 18.4 Å². The van der Waals surface area contributed by atoms with E-state index in [9.17, 15) is 9.90 Å². The van der Waals surface area contributed by atoms with Crippen LogP contribution in [0.4, 0.5) is 5.69 Å². The summed E-state index contributed by atoms with van der Waals surface area (Å²) in [6.07, 6.45) is 0.912. The average molecular weight is 401 g/mol. The van der Waals surface area contributed by atoms with Crippen molar-refractivity contribution in [1.82, 2.24) is 0 Å². The number of benzene rings is 3. The fourth-order valence-electron chi connectivity index (χ4n) is 5.16. The minimum absolute atomic E-state index is 0.00984. The maximum atomic E-state index is 11.6. The van der Waals surface area contributed by atoms with Crippen LogP contribution in [0.5, 0.6) is 11.5 Å². The average Bonchev–Trinajstić information content (AvgIpc) is 3.17. The number of para-hydroxylation sites is 1. The molecule has 0 radical (unpaired) electrons. The van der Waals surface area contributed by atoms with E-state index in [-0.39, 0.29) is 17.9 Å². The summed E-state index contributed by atoms with van der Waals surface area (Å²) in [7, 11) is 3.31. The molecule has 152 valence electrons. The molecule has 0 bridgehead atoms. The lowest BCUT2D eigenvalue weighted by molar-refractivity contribution is 0.0696. The summed E-state index contributed by atoms with van der Waals surface area (Å²) in [5.74, 6) is 0.892. The predicted molar refractivity (Wildman–Crippen MR) is 115 cm³/mol. The van der Waals surface area contributed by atoms with E-state index in [4.69, 9.17) is 9.47 Å². The van der Waals surface area contributed by atoms with Crippen LogP contribution in [-0.4, -0.2) is 25.3 Å². The van der Waals surface area contributed by atoms with Gasteiger partial charge in [-0.15, -0.1) is 0 Å². The van der Waals surface area contributed by atoms with Crippen LogP contribution in [0, 0.1) is 5.92 Å². The van der Waals surface area contributed by atoms with Gasteiger partial charge in [-0.3, -0.25) is 0 Å². The first-order valence-corrected chi connectivity index (χ1v) is 10.0. The van der Waals surface area contributed by atoms with Gasteiger partial charge in [0.1, 0.15) is 0 Å². The van der Waals surface area contributed by atoms with Crippen LogP contribution in [-0.2, 0) is 6.42 Å². The van der Waals surface area contributed by atoms with Gasteiger partial charge >= 0.3 is 5.97 Å². The zero-order valence-corrected chi connectivity index (χ0v) is 16.9. The molecule has 30 heavy (non-hydrogen) atoms. The Balaban J connectivity index is 1.70. The van der Waals surface area contributed by atoms with E-state index in [0.29, 0.717) is 11.3 Å². The summed E-state index contributed by atoms with van der Waals surface area (Å²) in [5.41, 5.74) is 5.97. The Labute approximate surface area is 175 Å². The molecule has 5 nitrogen and oxygen atoms in total. The normalized spacial score (nSPS) is 21.1. The molecule has 3 aromatic rings. The number of hydrogen-bond acceptors (Lipinski definition) is 4. The van der Waals surface area contributed by atoms with Crippen molar-refractivity contribution in [3.05, 3.63) is 88.5 Å². The van der Waals surface area contributed by atoms with Crippen molar-refractivity contribution in [1.29, 1.82) is 0 Å². The Morgan fingerprint density at radius 1 is 0.967 bits per heavy atom. The zero-order valence-electron chi connectivity index (χ0n) is 16.9. The minimum Gasteiger partial charge on any atom is -0.493 e. The molecule has 0 spiro atoms. The number of methoxy groups -OCH3 is 2. The van der Waals surface area contributed by atoms with Gasteiger partial charge in [-0.25, -0.2) is 4.79 Å². The maximum Gasteiger partial charge on any atom is 0.335 e. The number of nitrogens with one attached hydrogen (secondary N) is 1. The Hall–Kier alpha value is -3.47. The Kier molecular flexibility index (Phi) is 4.39. The maximum absolute atomic E-state index is 11.6. The number of anilines is 1. The van der Waals surface area contributed by atoms with E-state index < -0.39 is 5.97 Å². The first-order chi connectivity index (χ1) is 14.6. The van der Waals surface area contributed by atoms with Crippen molar-refractivity contribution in [3.8, 4) is 11.5 Å². The molecule has 0 amide bonds. The first-order valence-electron chi connectivity index (χ1n) is 10.0. The molecule has 5 rings (SSSR count). The highest BCUT2D eigenvalue weighted by Gasteiger charge is 2.44. The van der Waals surface area contributed by atoms with Crippen molar-refractivity contribution in [2.24, 2.45) is 5.92 Å². The molecule has 0 aromatic heterocycles. The molecule has 0 saturated carbocycles. The van der Waals surface area contributed by atoms with E-state index in [1.54, 1.807) is 20.3 Å². The van der Waals surface area contributed by atoms with Crippen LogP contribution in [0.1, 0.15) is 44.6 Å².